The van der Waals surface area contributed by atoms with Gasteiger partial charge >= 0.3 is 25.5 Å². The first kappa shape index (κ1) is 47.7. The molecule has 1 fully saturated rings. The zero-order valence-electron chi connectivity index (χ0n) is 36.1. The Labute approximate surface area is 392 Å². The molecular weight excluding hydrogens is 988 g/mol. The lowest BCUT2D eigenvalue weighted by Crippen LogP contribution is -2.42. The minimum atomic E-state index is -4.38. The van der Waals surface area contributed by atoms with E-state index in [-0.39, 0.29) is 43.1 Å². The van der Waals surface area contributed by atoms with Gasteiger partial charge in [-0.1, -0.05) is 72.8 Å². The van der Waals surface area contributed by atoms with Crippen LogP contribution in [0.2, 0.25) is 0 Å². The average Bonchev–Trinajstić information content (AvgIpc) is 3.89. The molecule has 3 heterocycles. The maximum Gasteiger partial charge on any atom is 0.370 e. The second kappa shape index (κ2) is 20.5. The number of amides is 2. The van der Waals surface area contributed by atoms with Crippen molar-refractivity contribution in [3.8, 4) is 0 Å². The van der Waals surface area contributed by atoms with Crippen LogP contribution in [0.15, 0.2) is 128 Å². The summed E-state index contributed by atoms with van der Waals surface area (Å²) in [6.45, 7) is 4.14. The van der Waals surface area contributed by atoms with Crippen molar-refractivity contribution in [2.45, 2.75) is 56.8 Å². The van der Waals surface area contributed by atoms with E-state index >= 15 is 0 Å². The number of hydrogen-bond donors (Lipinski definition) is 0. The highest BCUT2D eigenvalue weighted by Gasteiger charge is 2.53. The van der Waals surface area contributed by atoms with E-state index in [1.54, 1.807) is 118 Å². The summed E-state index contributed by atoms with van der Waals surface area (Å²) in [5.41, 5.74) is -0.461. The molecule has 20 heteroatoms. The standard InChI is InChI=1S/C46H43IN5O13P/c1-46(2,3)65-43(57)44(66(58,59-4)60-5)61-26-32-34(63-41(55)30-22-14-8-15-23-30)35(64-42(56)31-24-16-9-17-25-31)40(62-32)51-27-48-33-36(51)49-45(47)50-37(33)52(38(53)28-18-10-6-11-19-28)39(54)29-20-12-7-13-21-29/h6-25,27,32,34-35,40,44H,26H2,1-5H3/t32?,34?,35?,40-,44?/m1/s1. The lowest BCUT2D eigenvalue weighted by Gasteiger charge is -2.28. The van der Waals surface area contributed by atoms with E-state index in [1.165, 1.54) is 35.2 Å². The second-order valence-electron chi connectivity index (χ2n) is 15.5. The van der Waals surface area contributed by atoms with Gasteiger partial charge in [-0.25, -0.2) is 34.2 Å². The third-order valence-electron chi connectivity index (χ3n) is 9.92. The predicted molar refractivity (Wildman–Crippen MR) is 244 cm³/mol. The number of benzene rings is 4. The summed E-state index contributed by atoms with van der Waals surface area (Å²) in [6.07, 6.45) is -4.64. The molecule has 18 nitrogen and oxygen atoms in total. The van der Waals surface area contributed by atoms with E-state index in [0.717, 1.165) is 19.1 Å². The number of esters is 3. The first-order valence-corrected chi connectivity index (χ1v) is 22.9. The molecule has 0 aliphatic carbocycles. The van der Waals surface area contributed by atoms with Crippen LogP contribution in [0.5, 0.6) is 0 Å². The number of aromatic nitrogens is 4. The van der Waals surface area contributed by atoms with Crippen LogP contribution in [0.3, 0.4) is 0 Å². The molecule has 6 aromatic rings. The number of anilines is 1. The van der Waals surface area contributed by atoms with Crippen LogP contribution in [0.1, 0.15) is 68.4 Å². The molecule has 0 saturated carbocycles. The molecular formula is C46H43IN5O13P. The van der Waals surface area contributed by atoms with E-state index in [4.69, 9.17) is 32.7 Å². The van der Waals surface area contributed by atoms with Gasteiger partial charge in [0.1, 0.15) is 11.7 Å². The monoisotopic (exact) mass is 1030 g/mol. The summed E-state index contributed by atoms with van der Waals surface area (Å²) < 4.78 is 56.1. The molecule has 2 amide bonds. The largest absolute Gasteiger partial charge is 0.458 e. The van der Waals surface area contributed by atoms with Crippen molar-refractivity contribution in [3.63, 3.8) is 0 Å². The maximum absolute atomic E-state index is 14.3. The third-order valence-corrected chi connectivity index (χ3v) is 12.4. The van der Waals surface area contributed by atoms with E-state index in [1.807, 2.05) is 22.6 Å². The highest BCUT2D eigenvalue weighted by atomic mass is 127. The number of rotatable bonds is 15. The molecule has 1 aliphatic heterocycles. The summed E-state index contributed by atoms with van der Waals surface area (Å²) in [7, 11) is -2.24. The number of imide groups is 1. The number of fused-ring (bicyclic) bond motifs is 1. The molecule has 5 atom stereocenters. The Morgan fingerprint density at radius 3 is 1.67 bits per heavy atom. The van der Waals surface area contributed by atoms with Crippen LogP contribution in [-0.4, -0.2) is 99.8 Å². The molecule has 4 unspecified atom stereocenters. The molecule has 7 rings (SSSR count). The number of ether oxygens (including phenoxy) is 5. The molecule has 1 saturated heterocycles. The SMILES string of the molecule is COP(=O)(OC)C(OCC1O[C@@H](n2cnc3c(N(C(=O)c4ccccc4)C(=O)c4ccccc4)nc(I)nc32)C(OC(=O)c2ccccc2)C1OC(=O)c1ccccc1)C(=O)OC(C)(C)C. The van der Waals surface area contributed by atoms with E-state index in [9.17, 15) is 28.5 Å². The number of carbonyl (C=O) groups is 5. The molecule has 4 aromatic carbocycles. The number of halogens is 1. The molecule has 2 aromatic heterocycles. The minimum Gasteiger partial charge on any atom is -0.458 e. The van der Waals surface area contributed by atoms with Gasteiger partial charge in [0.2, 0.25) is 0 Å². The van der Waals surface area contributed by atoms with Gasteiger partial charge in [-0.15, -0.1) is 0 Å². The van der Waals surface area contributed by atoms with Crippen LogP contribution in [0.4, 0.5) is 5.82 Å². The molecule has 0 bridgehead atoms. The van der Waals surface area contributed by atoms with E-state index < -0.39 is 79.9 Å². The summed E-state index contributed by atoms with van der Waals surface area (Å²) >= 11 is 1.83. The highest BCUT2D eigenvalue weighted by Crippen LogP contribution is 2.53. The first-order chi connectivity index (χ1) is 31.6. The molecule has 0 radical (unpaired) electrons. The van der Waals surface area contributed by atoms with E-state index in [2.05, 4.69) is 15.0 Å². The van der Waals surface area contributed by atoms with Crippen LogP contribution in [-0.2, 0) is 42.1 Å². The van der Waals surface area contributed by atoms with Crippen LogP contribution >= 0.6 is 30.2 Å². The molecule has 342 valence electrons. The zero-order valence-corrected chi connectivity index (χ0v) is 39.1. The van der Waals surface area contributed by atoms with E-state index in [0.29, 0.717) is 0 Å². The summed E-state index contributed by atoms with van der Waals surface area (Å²) in [5, 5.41) is 0. The van der Waals surface area contributed by atoms with Crippen LogP contribution in [0.25, 0.3) is 11.2 Å². The Bertz CT molecular complexity index is 2700. The van der Waals surface area contributed by atoms with Crippen molar-refractivity contribution in [1.29, 1.82) is 0 Å². The molecule has 0 spiro atoms. The quantitative estimate of drug-likeness (QED) is 0.0244. The zero-order chi connectivity index (χ0) is 47.2. The topological polar surface area (TPSA) is 214 Å². The Morgan fingerprint density at radius 1 is 0.727 bits per heavy atom. The van der Waals surface area contributed by atoms with Gasteiger partial charge in [0.25, 0.3) is 17.7 Å². The number of nitrogens with zero attached hydrogens (tertiary/aromatic N) is 5. The number of carbonyl (C=O) groups excluding carboxylic acids is 5. The minimum absolute atomic E-state index is 0.00601. The Kier molecular flexibility index (Phi) is 14.8. The van der Waals surface area contributed by atoms with Crippen LogP contribution in [0, 0.1) is 3.83 Å². The first-order valence-electron chi connectivity index (χ1n) is 20.2. The lowest BCUT2D eigenvalue weighted by atomic mass is 10.1. The predicted octanol–water partition coefficient (Wildman–Crippen LogP) is 7.44. The molecule has 1 aliphatic rings. The van der Waals surface area contributed by atoms with Crippen molar-refractivity contribution in [2.24, 2.45) is 0 Å². The Balaban J connectivity index is 1.36. The normalized spacial score (nSPS) is 17.7. The fourth-order valence-corrected chi connectivity index (χ4v) is 8.45. The van der Waals surface area contributed by atoms with Gasteiger partial charge in [0.15, 0.2) is 39.2 Å². The highest BCUT2D eigenvalue weighted by molar-refractivity contribution is 14.1. The summed E-state index contributed by atoms with van der Waals surface area (Å²) in [6, 6.07) is 32.3. The summed E-state index contributed by atoms with van der Waals surface area (Å²) in [4.78, 5) is 84.9. The van der Waals surface area contributed by atoms with Crippen molar-refractivity contribution >= 4 is 76.9 Å². The molecule has 66 heavy (non-hydrogen) atoms. The average molecular weight is 1030 g/mol. The van der Waals surface area contributed by atoms with Gasteiger partial charge in [-0.05, 0) is 69.3 Å². The van der Waals surface area contributed by atoms with Gasteiger partial charge in [0, 0.05) is 47.9 Å². The second-order valence-corrected chi connectivity index (χ2v) is 18.7. The van der Waals surface area contributed by atoms with Crippen molar-refractivity contribution < 1.29 is 61.3 Å². The number of imidazole rings is 1. The van der Waals surface area contributed by atoms with Gasteiger partial charge in [0.05, 0.1) is 24.1 Å². The fourth-order valence-electron chi connectivity index (χ4n) is 6.88. The Hall–Kier alpha value is -6.22. The van der Waals surface area contributed by atoms with Crippen molar-refractivity contribution in [2.75, 3.05) is 25.7 Å². The molecule has 0 N–H and O–H groups in total. The maximum atomic E-state index is 14.3. The Morgan fingerprint density at radius 2 is 1.20 bits per heavy atom. The smallest absolute Gasteiger partial charge is 0.370 e. The van der Waals surface area contributed by atoms with Gasteiger partial charge < -0.3 is 32.7 Å². The summed E-state index contributed by atoms with van der Waals surface area (Å²) in [5.74, 6) is -6.34. The van der Waals surface area contributed by atoms with Gasteiger partial charge in [-0.3, -0.25) is 18.7 Å². The van der Waals surface area contributed by atoms with Gasteiger partial charge in [-0.2, -0.15) is 0 Å². The number of hydrogen-bond acceptors (Lipinski definition) is 16. The fraction of sp³-hybridized carbons (Fsp3) is 0.261. The van der Waals surface area contributed by atoms with Crippen molar-refractivity contribution in [1.82, 2.24) is 19.5 Å². The third kappa shape index (κ3) is 10.6. The van der Waals surface area contributed by atoms with Crippen molar-refractivity contribution in [3.05, 3.63) is 154 Å². The lowest BCUT2D eigenvalue weighted by molar-refractivity contribution is -0.167. The van der Waals surface area contributed by atoms with Crippen LogP contribution < -0.4 is 4.90 Å².